The lowest BCUT2D eigenvalue weighted by Crippen LogP contribution is -2.58. The van der Waals surface area contributed by atoms with Gasteiger partial charge in [0.2, 0.25) is 17.7 Å². The minimum Gasteiger partial charge on any atom is -0.480 e. The molecule has 0 aliphatic carbocycles. The predicted octanol–water partition coefficient (Wildman–Crippen LogP) is -0.687. The van der Waals surface area contributed by atoms with Gasteiger partial charge in [0.25, 0.3) is 0 Å². The average molecular weight is 595 g/mol. The molecule has 220 valence electrons. The van der Waals surface area contributed by atoms with Crippen LogP contribution in [0.25, 0.3) is 10.9 Å². The van der Waals surface area contributed by atoms with Gasteiger partial charge in [0.15, 0.2) is 5.96 Å². The van der Waals surface area contributed by atoms with E-state index in [-0.39, 0.29) is 31.1 Å². The minimum absolute atomic E-state index is 0.0677. The second-order valence-corrected chi connectivity index (χ2v) is 10.5. The Hall–Kier alpha value is -3.43. The lowest BCUT2D eigenvalue weighted by molar-refractivity contribution is -0.142. The highest BCUT2D eigenvalue weighted by molar-refractivity contribution is 7.98. The van der Waals surface area contributed by atoms with Gasteiger partial charge in [0.05, 0.1) is 6.04 Å². The molecule has 4 unspecified atom stereocenters. The van der Waals surface area contributed by atoms with Crippen LogP contribution in [0.15, 0.2) is 35.5 Å². The highest BCUT2D eigenvalue weighted by atomic mass is 32.2. The summed E-state index contributed by atoms with van der Waals surface area (Å²) in [5, 5.41) is 18.1. The number of hydrogen-bond donors (Lipinski definition) is 9. The van der Waals surface area contributed by atoms with Gasteiger partial charge in [-0.2, -0.15) is 24.4 Å². The molecule has 15 heteroatoms. The number of amides is 3. The first-order valence-electron chi connectivity index (χ1n) is 12.7. The number of thiol groups is 1. The molecule has 0 spiro atoms. The summed E-state index contributed by atoms with van der Waals surface area (Å²) in [5.41, 5.74) is 18.2. The number of nitrogens with two attached hydrogens (primary N) is 3. The number of benzene rings is 1. The summed E-state index contributed by atoms with van der Waals surface area (Å²) in [7, 11) is 0. The van der Waals surface area contributed by atoms with E-state index in [0.29, 0.717) is 18.6 Å². The number of aliphatic imine (C=N–C) groups is 1. The topological polar surface area (TPSA) is 231 Å². The first-order valence-corrected chi connectivity index (χ1v) is 14.7. The molecule has 0 radical (unpaired) electrons. The number of para-hydroxylation sites is 1. The molecule has 1 aromatic heterocycles. The quantitative estimate of drug-likeness (QED) is 0.0488. The molecule has 13 nitrogen and oxygen atoms in total. The van der Waals surface area contributed by atoms with Crippen molar-refractivity contribution >= 4 is 64.9 Å². The fourth-order valence-corrected chi connectivity index (χ4v) is 4.63. The number of nitrogens with zero attached hydrogens (tertiary/aromatic N) is 1. The van der Waals surface area contributed by atoms with E-state index in [1.807, 2.05) is 30.5 Å². The van der Waals surface area contributed by atoms with Gasteiger partial charge in [-0.05, 0) is 42.9 Å². The monoisotopic (exact) mass is 594 g/mol. The second kappa shape index (κ2) is 16.6. The van der Waals surface area contributed by atoms with Crippen molar-refractivity contribution in [3.8, 4) is 0 Å². The number of aromatic amines is 1. The molecule has 0 bridgehead atoms. The fourth-order valence-electron chi connectivity index (χ4n) is 3.88. The zero-order valence-electron chi connectivity index (χ0n) is 22.3. The molecule has 40 heavy (non-hydrogen) atoms. The smallest absolute Gasteiger partial charge is 0.326 e. The van der Waals surface area contributed by atoms with Crippen LogP contribution in [0.3, 0.4) is 0 Å². The lowest BCUT2D eigenvalue weighted by atomic mass is 10.0. The normalized spacial score (nSPS) is 14.0. The SMILES string of the molecule is CSCCC(N)C(=O)NC(Cc1c[nH]c2ccccc12)C(=O)NC(CS)C(=O)NC(CCCN=C(N)N)C(=O)O. The van der Waals surface area contributed by atoms with Gasteiger partial charge in [0.1, 0.15) is 18.1 Å². The van der Waals surface area contributed by atoms with Gasteiger partial charge in [-0.15, -0.1) is 0 Å². The summed E-state index contributed by atoms with van der Waals surface area (Å²) in [4.78, 5) is 57.7. The number of thioether (sulfide) groups is 1. The number of fused-ring (bicyclic) bond motifs is 1. The molecule has 1 heterocycles. The summed E-state index contributed by atoms with van der Waals surface area (Å²) < 4.78 is 0. The number of carboxylic acid groups (broad SMARTS) is 1. The number of carboxylic acids is 1. The summed E-state index contributed by atoms with van der Waals surface area (Å²) in [6, 6.07) is 3.26. The highest BCUT2D eigenvalue weighted by Gasteiger charge is 2.30. The first-order chi connectivity index (χ1) is 19.1. The number of carbonyl (C=O) groups excluding carboxylic acids is 3. The van der Waals surface area contributed by atoms with E-state index in [0.717, 1.165) is 16.5 Å². The maximum atomic E-state index is 13.4. The van der Waals surface area contributed by atoms with Crippen molar-refractivity contribution in [3.63, 3.8) is 0 Å². The second-order valence-electron chi connectivity index (χ2n) is 9.10. The van der Waals surface area contributed by atoms with Crippen molar-refractivity contribution < 1.29 is 24.3 Å². The predicted molar refractivity (Wildman–Crippen MR) is 160 cm³/mol. The maximum absolute atomic E-state index is 13.4. The summed E-state index contributed by atoms with van der Waals surface area (Å²) >= 11 is 5.73. The van der Waals surface area contributed by atoms with Gasteiger partial charge in [-0.25, -0.2) is 4.79 Å². The molecule has 0 saturated heterocycles. The van der Waals surface area contributed by atoms with Crippen molar-refractivity contribution in [2.45, 2.75) is 49.9 Å². The van der Waals surface area contributed by atoms with Gasteiger partial charge < -0.3 is 43.2 Å². The number of hydrogen-bond acceptors (Lipinski definition) is 8. The van der Waals surface area contributed by atoms with Crippen molar-refractivity contribution in [2.75, 3.05) is 24.3 Å². The van der Waals surface area contributed by atoms with Gasteiger partial charge >= 0.3 is 5.97 Å². The Bertz CT molecular complexity index is 1190. The summed E-state index contributed by atoms with van der Waals surface area (Å²) in [6.45, 7) is 0.197. The van der Waals surface area contributed by atoms with Crippen LogP contribution in [0.2, 0.25) is 0 Å². The van der Waals surface area contributed by atoms with Crippen LogP contribution in [0.5, 0.6) is 0 Å². The maximum Gasteiger partial charge on any atom is 0.326 e. The van der Waals surface area contributed by atoms with Crippen LogP contribution in [0.4, 0.5) is 0 Å². The number of carbonyl (C=O) groups is 4. The molecule has 1 aromatic carbocycles. The van der Waals surface area contributed by atoms with E-state index < -0.39 is 47.9 Å². The molecule has 3 amide bonds. The number of aliphatic carboxylic acids is 1. The third kappa shape index (κ3) is 10.3. The largest absolute Gasteiger partial charge is 0.480 e. The number of guanidine groups is 1. The van der Waals surface area contributed by atoms with Gasteiger partial charge in [-0.1, -0.05) is 18.2 Å². The zero-order valence-corrected chi connectivity index (χ0v) is 24.0. The number of nitrogens with one attached hydrogen (secondary N) is 4. The van der Waals surface area contributed by atoms with E-state index in [4.69, 9.17) is 17.2 Å². The van der Waals surface area contributed by atoms with Crippen molar-refractivity contribution in [3.05, 3.63) is 36.0 Å². The van der Waals surface area contributed by atoms with Crippen LogP contribution in [0, 0.1) is 0 Å². The molecule has 2 rings (SSSR count). The molecule has 11 N–H and O–H groups in total. The van der Waals surface area contributed by atoms with E-state index in [1.54, 1.807) is 18.0 Å². The average Bonchev–Trinajstić information content (AvgIpc) is 3.33. The first kappa shape index (κ1) is 32.8. The van der Waals surface area contributed by atoms with Gasteiger partial charge in [-0.3, -0.25) is 19.4 Å². The van der Waals surface area contributed by atoms with Crippen LogP contribution in [0.1, 0.15) is 24.8 Å². The van der Waals surface area contributed by atoms with E-state index in [9.17, 15) is 24.3 Å². The third-order valence-electron chi connectivity index (χ3n) is 6.08. The molecule has 2 aromatic rings. The van der Waals surface area contributed by atoms with Crippen molar-refractivity contribution in [1.82, 2.24) is 20.9 Å². The van der Waals surface area contributed by atoms with E-state index in [1.165, 1.54) is 0 Å². The molecule has 0 saturated carbocycles. The zero-order chi connectivity index (χ0) is 29.7. The molecular formula is C25H38N8O5S2. The Morgan fingerprint density at radius 2 is 1.68 bits per heavy atom. The lowest BCUT2D eigenvalue weighted by Gasteiger charge is -2.24. The minimum atomic E-state index is -1.24. The van der Waals surface area contributed by atoms with E-state index >= 15 is 0 Å². The van der Waals surface area contributed by atoms with Gasteiger partial charge in [0, 0.05) is 35.8 Å². The number of rotatable bonds is 17. The Kier molecular flexibility index (Phi) is 13.6. The highest BCUT2D eigenvalue weighted by Crippen LogP contribution is 2.19. The Morgan fingerprint density at radius 1 is 1.02 bits per heavy atom. The van der Waals surface area contributed by atoms with Crippen molar-refractivity contribution in [1.29, 1.82) is 0 Å². The standard InChI is InChI=1S/C25H38N8O5S2/c1-40-10-8-16(26)21(34)32-19(11-14-12-30-17-6-3-2-5-15(14)17)22(35)33-20(13-39)23(36)31-18(24(37)38)7-4-9-29-25(27)28/h2-3,5-6,12,16,18-20,30,39H,4,7-11,13,26H2,1H3,(H,31,36)(H,32,34)(H,33,35)(H,37,38)(H4,27,28,29). The van der Waals surface area contributed by atoms with E-state index in [2.05, 4.69) is 38.6 Å². The molecular weight excluding hydrogens is 556 g/mol. The molecule has 4 atom stereocenters. The Balaban J connectivity index is 2.16. The number of aromatic nitrogens is 1. The summed E-state index contributed by atoms with van der Waals surface area (Å²) in [5.74, 6) is -2.66. The van der Waals surface area contributed by atoms with Crippen LogP contribution in [-0.2, 0) is 25.6 Å². The van der Waals surface area contributed by atoms with Crippen LogP contribution < -0.4 is 33.2 Å². The Morgan fingerprint density at radius 3 is 2.33 bits per heavy atom. The molecule has 0 fully saturated rings. The molecule has 0 aliphatic heterocycles. The molecule has 0 aliphatic rings. The third-order valence-corrected chi connectivity index (χ3v) is 7.09. The summed E-state index contributed by atoms with van der Waals surface area (Å²) in [6.07, 6.45) is 4.59. The van der Waals surface area contributed by atoms with Crippen molar-refractivity contribution in [2.24, 2.45) is 22.2 Å². The number of H-pyrrole nitrogens is 1. The Labute approximate surface area is 242 Å². The van der Waals surface area contributed by atoms with Crippen LogP contribution in [-0.4, -0.2) is 88.2 Å². The fraction of sp³-hybridized carbons (Fsp3) is 0.480. The van der Waals surface area contributed by atoms with Crippen LogP contribution >= 0.6 is 24.4 Å².